The Labute approximate surface area is 155 Å². The van der Waals surface area contributed by atoms with Crippen molar-refractivity contribution in [2.45, 2.75) is 12.5 Å². The second kappa shape index (κ2) is 9.14. The van der Waals surface area contributed by atoms with Crippen LogP contribution in [-0.4, -0.2) is 41.8 Å². The van der Waals surface area contributed by atoms with Crippen molar-refractivity contribution < 1.29 is 24.2 Å². The molecule has 2 aromatic rings. The van der Waals surface area contributed by atoms with Gasteiger partial charge in [-0.15, -0.1) is 0 Å². The Morgan fingerprint density at radius 1 is 1.19 bits per heavy atom. The van der Waals surface area contributed by atoms with E-state index in [4.69, 9.17) is 21.0 Å². The van der Waals surface area contributed by atoms with Crippen molar-refractivity contribution in [1.82, 2.24) is 5.32 Å². The lowest BCUT2D eigenvalue weighted by atomic mass is 10.1. The summed E-state index contributed by atoms with van der Waals surface area (Å²) in [6, 6.07) is 11.7. The molecule has 1 atom stereocenters. The monoisotopic (exact) mass is 369 g/mol. The molecule has 0 bridgehead atoms. The Morgan fingerprint density at radius 3 is 2.48 bits per heavy atom. The Kier molecular flexibility index (Phi) is 6.65. The molecule has 140 valence electrons. The predicted molar refractivity (Wildman–Crippen MR) is 98.3 cm³/mol. The minimum atomic E-state index is -1.09. The van der Waals surface area contributed by atoms with E-state index >= 15 is 0 Å². The maximum atomic E-state index is 12.3. The minimum absolute atomic E-state index is 0.0776. The summed E-state index contributed by atoms with van der Waals surface area (Å²) < 4.78 is 5.56. The van der Waals surface area contributed by atoms with Gasteiger partial charge in [0.25, 0.3) is 5.91 Å². The Morgan fingerprint density at radius 2 is 1.89 bits per heavy atom. The number of amidine groups is 1. The summed E-state index contributed by atoms with van der Waals surface area (Å²) in [5.74, 6) is -1.27. The molecule has 8 nitrogen and oxygen atoms in total. The van der Waals surface area contributed by atoms with Crippen LogP contribution in [0.1, 0.15) is 32.7 Å². The van der Waals surface area contributed by atoms with Gasteiger partial charge in [0.2, 0.25) is 0 Å². The molecular formula is C19H19N3O5. The number of carbonyl (C=O) groups excluding carboxylic acids is 2. The Hall–Kier alpha value is -3.68. The van der Waals surface area contributed by atoms with Crippen molar-refractivity contribution in [3.63, 3.8) is 0 Å². The standard InChI is InChI=1S/C19H19N3O5/c20-18(21)14-2-1-3-16(8-14)27-11-15(9-17(24)25)22-19(26)13-6-4-12(10-23)5-7-13/h1-8,10,15H,9,11H2,(H3,20,21)(H,22,26)(H,24,25)/t15-/m1/s1. The van der Waals surface area contributed by atoms with Crippen LogP contribution in [0.15, 0.2) is 48.5 Å². The van der Waals surface area contributed by atoms with Crippen LogP contribution >= 0.6 is 0 Å². The number of rotatable bonds is 9. The highest BCUT2D eigenvalue weighted by molar-refractivity contribution is 5.95. The van der Waals surface area contributed by atoms with E-state index in [1.54, 1.807) is 24.3 Å². The highest BCUT2D eigenvalue weighted by atomic mass is 16.5. The van der Waals surface area contributed by atoms with Gasteiger partial charge in [-0.25, -0.2) is 0 Å². The fourth-order valence-corrected chi connectivity index (χ4v) is 2.29. The molecule has 1 amide bonds. The molecule has 2 rings (SSSR count). The van der Waals surface area contributed by atoms with Crippen molar-refractivity contribution in [3.8, 4) is 5.75 Å². The van der Waals surface area contributed by atoms with Gasteiger partial charge in [-0.3, -0.25) is 19.8 Å². The van der Waals surface area contributed by atoms with Gasteiger partial charge in [-0.1, -0.05) is 24.3 Å². The summed E-state index contributed by atoms with van der Waals surface area (Å²) in [5.41, 5.74) is 6.63. The van der Waals surface area contributed by atoms with Crippen LogP contribution < -0.4 is 15.8 Å². The van der Waals surface area contributed by atoms with Gasteiger partial charge < -0.3 is 20.9 Å². The number of nitrogens with one attached hydrogen (secondary N) is 2. The summed E-state index contributed by atoms with van der Waals surface area (Å²) >= 11 is 0. The van der Waals surface area contributed by atoms with Crippen LogP contribution in [0.3, 0.4) is 0 Å². The average Bonchev–Trinajstić information content (AvgIpc) is 2.66. The molecule has 8 heteroatoms. The lowest BCUT2D eigenvalue weighted by Gasteiger charge is -2.18. The van der Waals surface area contributed by atoms with Gasteiger partial charge in [-0.05, 0) is 24.3 Å². The van der Waals surface area contributed by atoms with Crippen molar-refractivity contribution >= 4 is 24.0 Å². The molecule has 5 N–H and O–H groups in total. The number of aldehydes is 1. The number of carboxylic acid groups (broad SMARTS) is 1. The zero-order chi connectivity index (χ0) is 19.8. The molecule has 0 unspecified atom stereocenters. The third-order valence-electron chi connectivity index (χ3n) is 3.66. The minimum Gasteiger partial charge on any atom is -0.491 e. The molecule has 0 aliphatic heterocycles. The number of nitrogens with two attached hydrogens (primary N) is 1. The summed E-state index contributed by atoms with van der Waals surface area (Å²) in [6.07, 6.45) is 0.336. The lowest BCUT2D eigenvalue weighted by Crippen LogP contribution is -2.40. The molecule has 0 fully saturated rings. The van der Waals surface area contributed by atoms with Crippen molar-refractivity contribution in [2.24, 2.45) is 5.73 Å². The number of amides is 1. The van der Waals surface area contributed by atoms with Gasteiger partial charge in [-0.2, -0.15) is 0 Å². The van der Waals surface area contributed by atoms with Gasteiger partial charge in [0, 0.05) is 16.7 Å². The topological polar surface area (TPSA) is 143 Å². The fourth-order valence-electron chi connectivity index (χ4n) is 2.29. The molecule has 0 saturated heterocycles. The van der Waals surface area contributed by atoms with Crippen molar-refractivity contribution in [2.75, 3.05) is 6.61 Å². The van der Waals surface area contributed by atoms with Gasteiger partial charge >= 0.3 is 5.97 Å². The first kappa shape index (κ1) is 19.6. The third-order valence-corrected chi connectivity index (χ3v) is 3.66. The predicted octanol–water partition coefficient (Wildman–Crippen LogP) is 1.44. The first-order valence-electron chi connectivity index (χ1n) is 8.04. The second-order valence-corrected chi connectivity index (χ2v) is 5.76. The van der Waals surface area contributed by atoms with Gasteiger partial charge in [0.1, 0.15) is 24.5 Å². The Bertz CT molecular complexity index is 849. The van der Waals surface area contributed by atoms with Gasteiger partial charge in [0.15, 0.2) is 0 Å². The molecule has 0 aliphatic rings. The quantitative estimate of drug-likeness (QED) is 0.299. The molecule has 2 aromatic carbocycles. The number of aliphatic carboxylic acids is 1. The van der Waals surface area contributed by atoms with E-state index in [2.05, 4.69) is 5.32 Å². The first-order chi connectivity index (χ1) is 12.9. The van der Waals surface area contributed by atoms with Crippen LogP contribution in [-0.2, 0) is 4.79 Å². The Balaban J connectivity index is 2.04. The number of ether oxygens (including phenoxy) is 1. The lowest BCUT2D eigenvalue weighted by molar-refractivity contribution is -0.137. The average molecular weight is 369 g/mol. The zero-order valence-electron chi connectivity index (χ0n) is 14.3. The number of nitrogen functional groups attached to an aromatic ring is 1. The van der Waals surface area contributed by atoms with Crippen LogP contribution in [0.25, 0.3) is 0 Å². The van der Waals surface area contributed by atoms with Gasteiger partial charge in [0.05, 0.1) is 12.5 Å². The molecule has 0 aromatic heterocycles. The molecule has 0 aliphatic carbocycles. The number of hydrogen-bond acceptors (Lipinski definition) is 5. The summed E-state index contributed by atoms with van der Waals surface area (Å²) in [6.45, 7) is -0.0776. The fraction of sp³-hybridized carbons (Fsp3) is 0.158. The smallest absolute Gasteiger partial charge is 0.305 e. The van der Waals surface area contributed by atoms with E-state index in [9.17, 15) is 14.4 Å². The van der Waals surface area contributed by atoms with Crippen LogP contribution in [0.5, 0.6) is 5.75 Å². The van der Waals surface area contributed by atoms with E-state index in [1.165, 1.54) is 24.3 Å². The second-order valence-electron chi connectivity index (χ2n) is 5.76. The van der Waals surface area contributed by atoms with E-state index in [-0.39, 0.29) is 18.9 Å². The summed E-state index contributed by atoms with van der Waals surface area (Å²) in [7, 11) is 0. The van der Waals surface area contributed by atoms with Crippen LogP contribution in [0.2, 0.25) is 0 Å². The molecule has 0 radical (unpaired) electrons. The van der Waals surface area contributed by atoms with Crippen molar-refractivity contribution in [3.05, 3.63) is 65.2 Å². The SMILES string of the molecule is N=C(N)c1cccc(OC[C@@H](CC(=O)O)NC(=O)c2ccc(C=O)cc2)c1. The molecule has 0 heterocycles. The first-order valence-corrected chi connectivity index (χ1v) is 8.04. The molecular weight excluding hydrogens is 350 g/mol. The van der Waals surface area contributed by atoms with E-state index in [0.717, 1.165) is 0 Å². The zero-order valence-corrected chi connectivity index (χ0v) is 14.3. The molecule has 0 spiro atoms. The highest BCUT2D eigenvalue weighted by Gasteiger charge is 2.18. The van der Waals surface area contributed by atoms with Crippen LogP contribution in [0, 0.1) is 5.41 Å². The largest absolute Gasteiger partial charge is 0.491 e. The van der Waals surface area contributed by atoms with E-state index < -0.39 is 17.9 Å². The molecule has 27 heavy (non-hydrogen) atoms. The number of carbonyl (C=O) groups is 3. The van der Waals surface area contributed by atoms with E-state index in [1.807, 2.05) is 0 Å². The van der Waals surface area contributed by atoms with Crippen LogP contribution in [0.4, 0.5) is 0 Å². The third kappa shape index (κ3) is 5.96. The maximum absolute atomic E-state index is 12.3. The maximum Gasteiger partial charge on any atom is 0.305 e. The summed E-state index contributed by atoms with van der Waals surface area (Å²) in [5, 5.41) is 19.1. The number of hydrogen-bond donors (Lipinski definition) is 4. The number of carboxylic acids is 1. The van der Waals surface area contributed by atoms with Crippen molar-refractivity contribution in [1.29, 1.82) is 5.41 Å². The van der Waals surface area contributed by atoms with E-state index in [0.29, 0.717) is 28.7 Å². The number of benzene rings is 2. The summed E-state index contributed by atoms with van der Waals surface area (Å²) in [4.78, 5) is 34.0. The molecule has 0 saturated carbocycles. The normalized spacial score (nSPS) is 11.3. The highest BCUT2D eigenvalue weighted by Crippen LogP contribution is 2.14.